The molecule has 0 spiro atoms. The summed E-state index contributed by atoms with van der Waals surface area (Å²) < 4.78 is 33.3. The number of aryl methyl sites for hydroxylation is 1. The van der Waals surface area contributed by atoms with E-state index < -0.39 is 42.7 Å². The SMILES string of the molecule is [2H][C@@H](O[C@@H]1[C@H](O)[C@@H](Sc2ccc(C)cc2)O[C@@H]2CO[C@@H](c3ccccc3)O[C@@H]12)c1ccccc1. The normalized spacial score (nSPS) is 30.8. The molecule has 0 amide bonds. The van der Waals surface area contributed by atoms with Gasteiger partial charge in [-0.3, -0.25) is 0 Å². The van der Waals surface area contributed by atoms with E-state index >= 15 is 0 Å². The zero-order valence-corrected chi connectivity index (χ0v) is 19.1. The number of hydrogen-bond acceptors (Lipinski definition) is 6. The monoisotopic (exact) mass is 465 g/mol. The molecule has 2 aliphatic rings. The number of benzene rings is 3. The molecule has 3 aromatic rings. The number of hydrogen-bond donors (Lipinski definition) is 1. The van der Waals surface area contributed by atoms with E-state index in [0.29, 0.717) is 12.2 Å². The highest BCUT2D eigenvalue weighted by atomic mass is 32.2. The molecule has 6 heteroatoms. The van der Waals surface area contributed by atoms with E-state index in [9.17, 15) is 5.11 Å². The predicted octanol–water partition coefficient (Wildman–Crippen LogP) is 4.87. The number of fused-ring (bicyclic) bond motifs is 1. The Labute approximate surface area is 200 Å². The first-order valence-corrected chi connectivity index (χ1v) is 12.0. The molecule has 2 aliphatic heterocycles. The van der Waals surface area contributed by atoms with E-state index in [4.69, 9.17) is 20.3 Å². The Morgan fingerprint density at radius 3 is 2.39 bits per heavy atom. The van der Waals surface area contributed by atoms with Crippen LogP contribution in [-0.4, -0.2) is 41.6 Å². The van der Waals surface area contributed by atoms with Crippen LogP contribution in [0, 0.1) is 6.92 Å². The largest absolute Gasteiger partial charge is 0.387 e. The van der Waals surface area contributed by atoms with Gasteiger partial charge in [-0.05, 0) is 24.6 Å². The van der Waals surface area contributed by atoms with Gasteiger partial charge in [-0.15, -0.1) is 0 Å². The lowest BCUT2D eigenvalue weighted by Gasteiger charge is -2.47. The average Bonchev–Trinajstić information content (AvgIpc) is 2.88. The van der Waals surface area contributed by atoms with Crippen molar-refractivity contribution in [3.05, 3.63) is 102 Å². The van der Waals surface area contributed by atoms with Gasteiger partial charge in [0.1, 0.15) is 29.9 Å². The lowest BCUT2D eigenvalue weighted by atomic mass is 9.98. The molecule has 2 saturated heterocycles. The van der Waals surface area contributed by atoms with E-state index in [1.807, 2.05) is 91.9 Å². The van der Waals surface area contributed by atoms with Gasteiger partial charge < -0.3 is 24.1 Å². The van der Waals surface area contributed by atoms with Crippen molar-refractivity contribution in [2.24, 2.45) is 0 Å². The molecular weight excluding hydrogens is 436 g/mol. The third-order valence-corrected chi connectivity index (χ3v) is 6.98. The Kier molecular flexibility index (Phi) is 6.72. The van der Waals surface area contributed by atoms with Gasteiger partial charge in [0, 0.05) is 10.5 Å². The van der Waals surface area contributed by atoms with Crippen molar-refractivity contribution >= 4 is 11.8 Å². The summed E-state index contributed by atoms with van der Waals surface area (Å²) in [6.45, 7) is 1.37. The number of aliphatic hydroxyl groups is 1. The third kappa shape index (κ3) is 5.32. The van der Waals surface area contributed by atoms with Crippen molar-refractivity contribution in [1.29, 1.82) is 0 Å². The van der Waals surface area contributed by atoms with Crippen LogP contribution in [-0.2, 0) is 25.5 Å². The molecule has 5 nitrogen and oxygen atoms in total. The van der Waals surface area contributed by atoms with Crippen LogP contribution in [0.15, 0.2) is 89.8 Å². The summed E-state index contributed by atoms with van der Waals surface area (Å²) in [5.41, 5.74) is 2.18. The van der Waals surface area contributed by atoms with Crippen LogP contribution in [0.3, 0.4) is 0 Å². The molecule has 0 unspecified atom stereocenters. The minimum absolute atomic E-state index is 0.301. The van der Waals surface area contributed by atoms with Gasteiger partial charge in [0.05, 0.1) is 14.6 Å². The fourth-order valence-corrected chi connectivity index (χ4v) is 5.09. The molecule has 3 aromatic carbocycles. The van der Waals surface area contributed by atoms with E-state index in [2.05, 4.69) is 0 Å². The summed E-state index contributed by atoms with van der Waals surface area (Å²) in [6, 6.07) is 27.1. The zero-order chi connectivity index (χ0) is 23.5. The predicted molar refractivity (Wildman–Crippen MR) is 127 cm³/mol. The Morgan fingerprint density at radius 2 is 1.67 bits per heavy atom. The summed E-state index contributed by atoms with van der Waals surface area (Å²) in [7, 11) is 0. The molecule has 0 bridgehead atoms. The lowest BCUT2D eigenvalue weighted by molar-refractivity contribution is -0.325. The Morgan fingerprint density at radius 1 is 0.970 bits per heavy atom. The van der Waals surface area contributed by atoms with Gasteiger partial charge in [0.15, 0.2) is 6.29 Å². The Hall–Kier alpha value is -2.19. The van der Waals surface area contributed by atoms with Gasteiger partial charge in [-0.2, -0.15) is 0 Å². The van der Waals surface area contributed by atoms with Gasteiger partial charge in [-0.1, -0.05) is 90.1 Å². The highest BCUT2D eigenvalue weighted by Crippen LogP contribution is 2.40. The van der Waals surface area contributed by atoms with Crippen LogP contribution < -0.4 is 0 Å². The molecule has 33 heavy (non-hydrogen) atoms. The summed E-state index contributed by atoms with van der Waals surface area (Å²) in [4.78, 5) is 0.983. The summed E-state index contributed by atoms with van der Waals surface area (Å²) in [5, 5.41) is 11.4. The van der Waals surface area contributed by atoms with Crippen molar-refractivity contribution in [2.75, 3.05) is 6.61 Å². The van der Waals surface area contributed by atoms with Gasteiger partial charge >= 0.3 is 0 Å². The second kappa shape index (κ2) is 10.4. The fraction of sp³-hybridized carbons (Fsp3) is 0.333. The molecule has 2 fully saturated rings. The van der Waals surface area contributed by atoms with E-state index in [1.54, 1.807) is 0 Å². The molecule has 0 aliphatic carbocycles. The van der Waals surface area contributed by atoms with Crippen LogP contribution in [0.4, 0.5) is 0 Å². The molecular formula is C27H28O5S. The smallest absolute Gasteiger partial charge is 0.184 e. The van der Waals surface area contributed by atoms with Crippen molar-refractivity contribution < 1.29 is 25.4 Å². The van der Waals surface area contributed by atoms with E-state index in [0.717, 1.165) is 16.0 Å². The maximum atomic E-state index is 11.4. The molecule has 0 radical (unpaired) electrons. The Balaban J connectivity index is 1.39. The standard InChI is InChI=1S/C27H28O5S/c1-18-12-14-21(15-13-18)33-27-23(28)25(29-16-19-8-4-2-5-9-19)24-22(31-27)17-30-26(32-24)20-10-6-3-7-11-20/h2-15,22-28H,16-17H2,1H3/t22-,23+,24-,25-,26-,27-/m1/s1/i16D/t16-,22-,23+,24-,25-,26-,27-. The lowest BCUT2D eigenvalue weighted by Crippen LogP contribution is -2.61. The number of rotatable bonds is 6. The molecule has 0 saturated carbocycles. The summed E-state index contributed by atoms with van der Waals surface area (Å²) >= 11 is 1.44. The molecule has 0 aromatic heterocycles. The number of ether oxygens (including phenoxy) is 4. The van der Waals surface area contributed by atoms with E-state index in [1.165, 1.54) is 11.8 Å². The molecule has 7 atom stereocenters. The zero-order valence-electron chi connectivity index (χ0n) is 19.3. The van der Waals surface area contributed by atoms with Crippen LogP contribution in [0.1, 0.15) is 24.4 Å². The Bertz CT molecular complexity index is 1050. The summed E-state index contributed by atoms with van der Waals surface area (Å²) in [6.07, 6.45) is -3.37. The van der Waals surface area contributed by atoms with Gasteiger partial charge in [-0.25, -0.2) is 0 Å². The molecule has 2 heterocycles. The van der Waals surface area contributed by atoms with Crippen molar-refractivity contribution in [3.63, 3.8) is 0 Å². The highest BCUT2D eigenvalue weighted by Gasteiger charge is 2.50. The van der Waals surface area contributed by atoms with Crippen molar-refractivity contribution in [1.82, 2.24) is 0 Å². The second-order valence-electron chi connectivity index (χ2n) is 8.27. The van der Waals surface area contributed by atoms with Gasteiger partial charge in [0.25, 0.3) is 0 Å². The maximum absolute atomic E-state index is 11.4. The first-order valence-electron chi connectivity index (χ1n) is 11.7. The topological polar surface area (TPSA) is 57.2 Å². The van der Waals surface area contributed by atoms with Crippen LogP contribution in [0.25, 0.3) is 0 Å². The van der Waals surface area contributed by atoms with E-state index in [-0.39, 0.29) is 0 Å². The highest BCUT2D eigenvalue weighted by molar-refractivity contribution is 7.99. The molecule has 172 valence electrons. The second-order valence-corrected chi connectivity index (χ2v) is 9.44. The summed E-state index contributed by atoms with van der Waals surface area (Å²) in [5.74, 6) is 0. The number of aliphatic hydroxyl groups excluding tert-OH is 1. The fourth-order valence-electron chi connectivity index (χ4n) is 4.03. The average molecular weight is 466 g/mol. The molecule has 5 rings (SSSR count). The minimum atomic E-state index is -1.00. The van der Waals surface area contributed by atoms with Crippen LogP contribution >= 0.6 is 11.8 Å². The minimum Gasteiger partial charge on any atom is -0.387 e. The molecule has 1 N–H and O–H groups in total. The maximum Gasteiger partial charge on any atom is 0.184 e. The van der Waals surface area contributed by atoms with Crippen LogP contribution in [0.5, 0.6) is 0 Å². The van der Waals surface area contributed by atoms with Crippen molar-refractivity contribution in [3.8, 4) is 0 Å². The first kappa shape index (κ1) is 21.4. The quantitative estimate of drug-likeness (QED) is 0.560. The first-order chi connectivity index (χ1) is 16.6. The van der Waals surface area contributed by atoms with Gasteiger partial charge in [0.2, 0.25) is 0 Å². The number of thioether (sulfide) groups is 1. The van der Waals surface area contributed by atoms with Crippen molar-refractivity contribution in [2.45, 2.75) is 54.5 Å². The van der Waals surface area contributed by atoms with Crippen LogP contribution in [0.2, 0.25) is 0 Å². The third-order valence-electron chi connectivity index (χ3n) is 5.81.